The normalized spacial score (nSPS) is 11.4. The van der Waals surface area contributed by atoms with Crippen LogP contribution < -0.4 is 5.56 Å². The minimum atomic E-state index is -0.0804. The van der Waals surface area contributed by atoms with E-state index in [1.165, 1.54) is 0 Å². The maximum atomic E-state index is 12.6. The van der Waals surface area contributed by atoms with Crippen molar-refractivity contribution in [3.63, 3.8) is 0 Å². The molecule has 3 aromatic heterocycles. The molecule has 0 saturated heterocycles. The van der Waals surface area contributed by atoms with Gasteiger partial charge in [-0.15, -0.1) is 11.3 Å². The molecule has 0 amide bonds. The Bertz CT molecular complexity index is 1200. The van der Waals surface area contributed by atoms with Crippen LogP contribution in [0, 0.1) is 27.7 Å². The number of rotatable bonds is 2. The van der Waals surface area contributed by atoms with Crippen LogP contribution in [0.5, 0.6) is 0 Å². The van der Waals surface area contributed by atoms with Crippen molar-refractivity contribution in [2.45, 2.75) is 27.7 Å². The van der Waals surface area contributed by atoms with E-state index in [1.807, 2.05) is 52.0 Å². The molecule has 0 atom stereocenters. The van der Waals surface area contributed by atoms with Crippen LogP contribution in [0.25, 0.3) is 27.3 Å². The van der Waals surface area contributed by atoms with Gasteiger partial charge in [0.05, 0.1) is 5.39 Å². The lowest BCUT2D eigenvalue weighted by molar-refractivity contribution is 0.965. The highest BCUT2D eigenvalue weighted by molar-refractivity contribution is 7.18. The van der Waals surface area contributed by atoms with Crippen molar-refractivity contribution in [1.29, 1.82) is 0 Å². The molecule has 4 aromatic rings. The molecule has 0 aliphatic heterocycles. The highest BCUT2D eigenvalue weighted by Gasteiger charge is 2.17. The van der Waals surface area contributed by atoms with Gasteiger partial charge in [-0.25, -0.2) is 4.98 Å². The Hall–Kier alpha value is -2.37. The van der Waals surface area contributed by atoms with Crippen LogP contribution in [0.2, 0.25) is 5.02 Å². The van der Waals surface area contributed by atoms with Crippen molar-refractivity contribution in [2.24, 2.45) is 0 Å². The number of aromatic amines is 1. The Morgan fingerprint density at radius 2 is 1.81 bits per heavy atom. The van der Waals surface area contributed by atoms with E-state index < -0.39 is 0 Å². The van der Waals surface area contributed by atoms with Crippen molar-refractivity contribution in [2.75, 3.05) is 0 Å². The van der Waals surface area contributed by atoms with Gasteiger partial charge in [0.15, 0.2) is 0 Å². The topological polar surface area (TPSA) is 50.7 Å². The number of thiophene rings is 1. The van der Waals surface area contributed by atoms with E-state index in [2.05, 4.69) is 15.6 Å². The van der Waals surface area contributed by atoms with E-state index in [9.17, 15) is 4.79 Å². The monoisotopic (exact) mass is 383 g/mol. The summed E-state index contributed by atoms with van der Waals surface area (Å²) in [5, 5.41) is 1.40. The van der Waals surface area contributed by atoms with Crippen LogP contribution in [0.15, 0.2) is 35.1 Å². The Morgan fingerprint density at radius 1 is 1.12 bits per heavy atom. The Morgan fingerprint density at radius 3 is 2.50 bits per heavy atom. The van der Waals surface area contributed by atoms with Gasteiger partial charge in [-0.1, -0.05) is 11.6 Å². The summed E-state index contributed by atoms with van der Waals surface area (Å²) in [6, 6.07) is 9.77. The lowest BCUT2D eigenvalue weighted by Crippen LogP contribution is -2.09. The lowest BCUT2D eigenvalue weighted by atomic mass is 10.2. The SMILES string of the molecule is Cc1sc2nc(-c3cc(C)n(-c4ccc(Cl)cc4)c3C)[nH]c(=O)c2c1C. The van der Waals surface area contributed by atoms with Crippen LogP contribution in [-0.4, -0.2) is 14.5 Å². The van der Waals surface area contributed by atoms with Crippen LogP contribution in [0.4, 0.5) is 0 Å². The number of hydrogen-bond acceptors (Lipinski definition) is 3. The van der Waals surface area contributed by atoms with Crippen LogP contribution >= 0.6 is 22.9 Å². The fourth-order valence-electron chi connectivity index (χ4n) is 3.37. The summed E-state index contributed by atoms with van der Waals surface area (Å²) in [6.07, 6.45) is 0. The summed E-state index contributed by atoms with van der Waals surface area (Å²) in [5.74, 6) is 0.608. The molecule has 3 heterocycles. The first-order valence-electron chi connectivity index (χ1n) is 8.32. The molecular weight excluding hydrogens is 366 g/mol. The molecule has 0 aliphatic carbocycles. The van der Waals surface area contributed by atoms with Crippen molar-refractivity contribution in [3.05, 3.63) is 67.5 Å². The molecular formula is C20H18ClN3OS. The summed E-state index contributed by atoms with van der Waals surface area (Å²) in [7, 11) is 0. The number of fused-ring (bicyclic) bond motifs is 1. The molecule has 6 heteroatoms. The number of halogens is 1. The van der Waals surface area contributed by atoms with Crippen molar-refractivity contribution in [1.82, 2.24) is 14.5 Å². The third-order valence-corrected chi connectivity index (χ3v) is 6.16. The Balaban J connectivity index is 1.92. The molecule has 1 N–H and O–H groups in total. The standard InChI is InChI=1S/C20H18ClN3OS/c1-10-9-16(12(3)24(10)15-7-5-14(21)6-8-15)18-22-19(25)17-11(2)13(4)26-20(17)23-18/h5-9H,1-4H3,(H,22,23,25). The molecule has 4 rings (SSSR count). The molecule has 0 saturated carbocycles. The van der Waals surface area contributed by atoms with Crippen LogP contribution in [-0.2, 0) is 0 Å². The molecule has 0 radical (unpaired) electrons. The Labute approximate surface area is 160 Å². The summed E-state index contributed by atoms with van der Waals surface area (Å²) in [5.41, 5.74) is 4.99. The number of nitrogens with one attached hydrogen (secondary N) is 1. The first-order valence-corrected chi connectivity index (χ1v) is 9.51. The van der Waals surface area contributed by atoms with Crippen molar-refractivity contribution in [3.8, 4) is 17.1 Å². The second-order valence-corrected chi connectivity index (χ2v) is 8.11. The quantitative estimate of drug-likeness (QED) is 0.508. The minimum Gasteiger partial charge on any atom is -0.318 e. The maximum absolute atomic E-state index is 12.6. The van der Waals surface area contributed by atoms with Gasteiger partial charge in [0.25, 0.3) is 5.56 Å². The predicted octanol–water partition coefficient (Wildman–Crippen LogP) is 5.33. The average Bonchev–Trinajstić information content (AvgIpc) is 3.05. The third-order valence-electron chi connectivity index (χ3n) is 4.81. The number of nitrogens with zero attached hydrogens (tertiary/aromatic N) is 2. The fraction of sp³-hybridized carbons (Fsp3) is 0.200. The van der Waals surface area contributed by atoms with E-state index in [4.69, 9.17) is 16.6 Å². The molecule has 0 spiro atoms. The van der Waals surface area contributed by atoms with Crippen LogP contribution in [0.1, 0.15) is 21.8 Å². The van der Waals surface area contributed by atoms with Gasteiger partial charge < -0.3 is 9.55 Å². The fourth-order valence-corrected chi connectivity index (χ4v) is 4.53. The molecule has 0 aliphatic rings. The van der Waals surface area contributed by atoms with E-state index in [0.717, 1.165) is 37.9 Å². The lowest BCUT2D eigenvalue weighted by Gasteiger charge is -2.10. The minimum absolute atomic E-state index is 0.0804. The number of aromatic nitrogens is 3. The predicted molar refractivity (Wildman–Crippen MR) is 109 cm³/mol. The molecule has 4 nitrogen and oxygen atoms in total. The summed E-state index contributed by atoms with van der Waals surface area (Å²) in [4.78, 5) is 22.2. The molecule has 0 unspecified atom stereocenters. The molecule has 0 bridgehead atoms. The summed E-state index contributed by atoms with van der Waals surface area (Å²) in [6.45, 7) is 8.07. The van der Waals surface area contributed by atoms with Gasteiger partial charge in [0.2, 0.25) is 0 Å². The zero-order valence-electron chi connectivity index (χ0n) is 15.0. The van der Waals surface area contributed by atoms with Gasteiger partial charge in [0, 0.05) is 32.5 Å². The highest BCUT2D eigenvalue weighted by Crippen LogP contribution is 2.31. The van der Waals surface area contributed by atoms with Crippen LogP contribution in [0.3, 0.4) is 0 Å². The zero-order chi connectivity index (χ0) is 18.6. The number of hydrogen-bond donors (Lipinski definition) is 1. The molecule has 132 valence electrons. The molecule has 1 aromatic carbocycles. The molecule has 26 heavy (non-hydrogen) atoms. The van der Waals surface area contributed by atoms with Gasteiger partial charge in [-0.2, -0.15) is 0 Å². The van der Waals surface area contributed by atoms with E-state index in [1.54, 1.807) is 11.3 Å². The van der Waals surface area contributed by atoms with E-state index >= 15 is 0 Å². The maximum Gasteiger partial charge on any atom is 0.260 e. The smallest absolute Gasteiger partial charge is 0.260 e. The second-order valence-electron chi connectivity index (χ2n) is 6.47. The summed E-state index contributed by atoms with van der Waals surface area (Å²) >= 11 is 7.57. The largest absolute Gasteiger partial charge is 0.318 e. The summed E-state index contributed by atoms with van der Waals surface area (Å²) < 4.78 is 2.14. The average molecular weight is 384 g/mol. The van der Waals surface area contributed by atoms with Gasteiger partial charge in [0.1, 0.15) is 10.7 Å². The van der Waals surface area contributed by atoms with Gasteiger partial charge >= 0.3 is 0 Å². The molecule has 0 fully saturated rings. The van der Waals surface area contributed by atoms with Crippen molar-refractivity contribution >= 4 is 33.2 Å². The third kappa shape index (κ3) is 2.59. The van der Waals surface area contributed by atoms with E-state index in [-0.39, 0.29) is 5.56 Å². The van der Waals surface area contributed by atoms with E-state index in [0.29, 0.717) is 16.2 Å². The highest BCUT2D eigenvalue weighted by atomic mass is 35.5. The number of H-pyrrole nitrogens is 1. The van der Waals surface area contributed by atoms with Crippen molar-refractivity contribution < 1.29 is 0 Å². The first kappa shape index (κ1) is 17.1. The zero-order valence-corrected chi connectivity index (χ0v) is 16.5. The number of aryl methyl sites for hydroxylation is 3. The second kappa shape index (κ2) is 6.11. The van der Waals surface area contributed by atoms with Gasteiger partial charge in [-0.05, 0) is 63.6 Å². The Kier molecular flexibility index (Phi) is 4.01. The first-order chi connectivity index (χ1) is 12.4. The number of benzene rings is 1. The van der Waals surface area contributed by atoms with Gasteiger partial charge in [-0.3, -0.25) is 4.79 Å².